The molecule has 1 aromatic carbocycles. The summed E-state index contributed by atoms with van der Waals surface area (Å²) in [6, 6.07) is 7.55. The highest BCUT2D eigenvalue weighted by molar-refractivity contribution is 6.03. The molecule has 0 saturated heterocycles. The molecule has 5 nitrogen and oxygen atoms in total. The number of nitrogens with one attached hydrogen (secondary N) is 1. The van der Waals surface area contributed by atoms with E-state index in [0.29, 0.717) is 23.4 Å². The Bertz CT molecular complexity index is 912. The first kappa shape index (κ1) is 16.8. The van der Waals surface area contributed by atoms with E-state index in [1.807, 2.05) is 28.8 Å². The maximum atomic E-state index is 12.5. The molecule has 0 fully saturated rings. The van der Waals surface area contributed by atoms with Crippen LogP contribution in [0.4, 0.5) is 5.69 Å². The van der Waals surface area contributed by atoms with Crippen LogP contribution in [-0.2, 0) is 16.8 Å². The maximum Gasteiger partial charge on any atom is 0.224 e. The van der Waals surface area contributed by atoms with Crippen molar-refractivity contribution in [1.82, 2.24) is 4.57 Å². The summed E-state index contributed by atoms with van der Waals surface area (Å²) >= 11 is 0. The zero-order valence-electron chi connectivity index (χ0n) is 14.9. The summed E-state index contributed by atoms with van der Waals surface area (Å²) in [5.41, 5.74) is 4.11. The Morgan fingerprint density at radius 3 is 2.73 bits per heavy atom. The van der Waals surface area contributed by atoms with Crippen LogP contribution in [0.1, 0.15) is 65.6 Å². The predicted octanol–water partition coefficient (Wildman–Crippen LogP) is 3.95. The Kier molecular flexibility index (Phi) is 4.02. The second kappa shape index (κ2) is 6.24. The molecule has 0 unspecified atom stereocenters. The average molecular weight is 350 g/mol. The third-order valence-corrected chi connectivity index (χ3v) is 6.09. The number of hydrogen-bond donors (Lipinski definition) is 1. The molecule has 0 spiro atoms. The smallest absolute Gasteiger partial charge is 0.224 e. The van der Waals surface area contributed by atoms with Crippen LogP contribution in [0.25, 0.3) is 11.1 Å². The topological polar surface area (TPSA) is 68.2 Å². The van der Waals surface area contributed by atoms with Crippen LogP contribution in [0.2, 0.25) is 0 Å². The lowest BCUT2D eigenvalue weighted by molar-refractivity contribution is -0.116. The van der Waals surface area contributed by atoms with Crippen molar-refractivity contribution in [2.24, 2.45) is 0 Å². The van der Waals surface area contributed by atoms with E-state index >= 15 is 0 Å². The second-order valence-corrected chi connectivity index (χ2v) is 7.24. The monoisotopic (exact) mass is 350 g/mol. The molecule has 2 aliphatic heterocycles. The number of carbonyl (C=O) groups excluding carboxylic acids is 3. The van der Waals surface area contributed by atoms with Gasteiger partial charge in [-0.25, -0.2) is 0 Å². The van der Waals surface area contributed by atoms with E-state index in [1.165, 1.54) is 0 Å². The first-order valence-electron chi connectivity index (χ1n) is 9.21. The molecule has 5 heteroatoms. The summed E-state index contributed by atoms with van der Waals surface area (Å²) in [5, 5.41) is 3.00. The second-order valence-electron chi connectivity index (χ2n) is 7.24. The molecule has 0 aliphatic carbocycles. The van der Waals surface area contributed by atoms with Crippen LogP contribution in [0.5, 0.6) is 0 Å². The van der Waals surface area contributed by atoms with Crippen molar-refractivity contribution in [3.63, 3.8) is 0 Å². The summed E-state index contributed by atoms with van der Waals surface area (Å²) in [5.74, 6) is -0.00387. The van der Waals surface area contributed by atoms with Gasteiger partial charge in [0.15, 0.2) is 12.6 Å². The number of benzene rings is 1. The number of amides is 1. The Morgan fingerprint density at radius 1 is 1.19 bits per heavy atom. The van der Waals surface area contributed by atoms with Gasteiger partial charge in [-0.3, -0.25) is 14.4 Å². The minimum Gasteiger partial charge on any atom is -0.341 e. The Hall–Kier alpha value is -2.69. The molecule has 4 rings (SSSR count). The number of para-hydroxylation sites is 1. The number of fused-ring (bicyclic) bond motifs is 2. The van der Waals surface area contributed by atoms with E-state index in [4.69, 9.17) is 0 Å². The van der Waals surface area contributed by atoms with Gasteiger partial charge >= 0.3 is 0 Å². The van der Waals surface area contributed by atoms with Gasteiger partial charge in [0, 0.05) is 40.9 Å². The van der Waals surface area contributed by atoms with Gasteiger partial charge < -0.3 is 9.88 Å². The summed E-state index contributed by atoms with van der Waals surface area (Å²) in [7, 11) is 0. The van der Waals surface area contributed by atoms with Crippen LogP contribution in [0.15, 0.2) is 24.3 Å². The van der Waals surface area contributed by atoms with E-state index in [1.54, 1.807) is 0 Å². The van der Waals surface area contributed by atoms with Crippen LogP contribution in [0.3, 0.4) is 0 Å². The minimum absolute atomic E-state index is 0.00387. The Morgan fingerprint density at radius 2 is 2.00 bits per heavy atom. The van der Waals surface area contributed by atoms with Crippen molar-refractivity contribution < 1.29 is 14.4 Å². The molecule has 0 radical (unpaired) electrons. The van der Waals surface area contributed by atoms with Gasteiger partial charge in [-0.05, 0) is 31.7 Å². The molecule has 0 saturated carbocycles. The number of rotatable bonds is 3. The number of aldehydes is 2. The highest BCUT2D eigenvalue weighted by Gasteiger charge is 2.42. The molecule has 2 aliphatic rings. The molecule has 1 atom stereocenters. The largest absolute Gasteiger partial charge is 0.341 e. The third kappa shape index (κ3) is 2.26. The summed E-state index contributed by atoms with van der Waals surface area (Å²) < 4.78 is 2.03. The minimum atomic E-state index is -0.193. The van der Waals surface area contributed by atoms with E-state index in [9.17, 15) is 14.4 Å². The van der Waals surface area contributed by atoms with Crippen molar-refractivity contribution in [1.29, 1.82) is 0 Å². The van der Waals surface area contributed by atoms with Crippen LogP contribution in [-0.4, -0.2) is 23.0 Å². The molecule has 2 aromatic rings. The number of hydrogen-bond acceptors (Lipinski definition) is 3. The van der Waals surface area contributed by atoms with Gasteiger partial charge in [0.2, 0.25) is 5.91 Å². The van der Waals surface area contributed by atoms with Crippen LogP contribution < -0.4 is 5.32 Å². The molecular weight excluding hydrogens is 328 g/mol. The first-order valence-corrected chi connectivity index (χ1v) is 9.21. The van der Waals surface area contributed by atoms with Crippen molar-refractivity contribution in [3.05, 3.63) is 41.2 Å². The summed E-state index contributed by atoms with van der Waals surface area (Å²) in [6.45, 7) is 2.87. The van der Waals surface area contributed by atoms with Gasteiger partial charge in [-0.1, -0.05) is 25.1 Å². The number of aromatic nitrogens is 1. The molecule has 1 N–H and O–H groups in total. The molecular formula is C21H22N2O3. The lowest BCUT2D eigenvalue weighted by Gasteiger charge is -2.39. The fraction of sp³-hybridized carbons (Fsp3) is 0.381. The van der Waals surface area contributed by atoms with E-state index in [0.717, 1.165) is 61.6 Å². The van der Waals surface area contributed by atoms with Crippen molar-refractivity contribution in [2.75, 3.05) is 5.32 Å². The summed E-state index contributed by atoms with van der Waals surface area (Å²) in [6.07, 6.45) is 5.52. The predicted molar refractivity (Wildman–Crippen MR) is 99.7 cm³/mol. The van der Waals surface area contributed by atoms with Crippen LogP contribution in [0, 0.1) is 0 Å². The number of nitrogens with zero attached hydrogens (tertiary/aromatic N) is 1. The van der Waals surface area contributed by atoms with E-state index in [2.05, 4.69) is 12.2 Å². The van der Waals surface area contributed by atoms with Crippen molar-refractivity contribution in [2.45, 2.75) is 51.0 Å². The quantitative estimate of drug-likeness (QED) is 0.852. The molecule has 134 valence electrons. The highest BCUT2D eigenvalue weighted by Crippen LogP contribution is 2.50. The van der Waals surface area contributed by atoms with E-state index in [-0.39, 0.29) is 11.3 Å². The van der Waals surface area contributed by atoms with Gasteiger partial charge in [-0.15, -0.1) is 0 Å². The lowest BCUT2D eigenvalue weighted by Crippen LogP contribution is -2.34. The average Bonchev–Trinajstić information content (AvgIpc) is 3.02. The van der Waals surface area contributed by atoms with Gasteiger partial charge in [0.25, 0.3) is 0 Å². The first-order chi connectivity index (χ1) is 12.6. The number of carbonyl (C=O) groups is 3. The SMILES string of the molecule is CC[C@]12CCCn3c(C=O)c(C=O)c(c31)-c1ccccc1NC(=O)CC2. The molecule has 1 aromatic heterocycles. The summed E-state index contributed by atoms with van der Waals surface area (Å²) in [4.78, 5) is 36.3. The van der Waals surface area contributed by atoms with E-state index < -0.39 is 0 Å². The molecule has 3 heterocycles. The zero-order valence-corrected chi connectivity index (χ0v) is 14.9. The Labute approximate surface area is 152 Å². The molecule has 1 amide bonds. The standard InChI is InChI=1S/C21H22N2O3/c1-2-21-9-5-11-23-17(13-25)15(12-24)19(20(21)23)14-6-3-4-7-16(14)22-18(26)8-10-21/h3-4,6-7,12-13H,2,5,8-11H2,1H3,(H,22,26)/t21-/m1/s1. The normalized spacial score (nSPS) is 21.5. The van der Waals surface area contributed by atoms with Crippen molar-refractivity contribution in [3.8, 4) is 11.1 Å². The zero-order chi connectivity index (χ0) is 18.3. The molecule has 26 heavy (non-hydrogen) atoms. The highest BCUT2D eigenvalue weighted by atomic mass is 16.1. The Balaban J connectivity index is 2.15. The van der Waals surface area contributed by atoms with Gasteiger partial charge in [0.05, 0.1) is 11.3 Å². The van der Waals surface area contributed by atoms with Gasteiger partial charge in [-0.2, -0.15) is 0 Å². The van der Waals surface area contributed by atoms with Gasteiger partial charge in [0.1, 0.15) is 0 Å². The molecule has 0 bridgehead atoms. The lowest BCUT2D eigenvalue weighted by atomic mass is 9.70. The fourth-order valence-electron chi connectivity index (χ4n) is 4.79. The third-order valence-electron chi connectivity index (χ3n) is 6.09. The fourth-order valence-corrected chi connectivity index (χ4v) is 4.79. The van der Waals surface area contributed by atoms with Crippen molar-refractivity contribution >= 4 is 24.2 Å². The maximum absolute atomic E-state index is 12.5. The number of anilines is 1. The van der Waals surface area contributed by atoms with Crippen LogP contribution >= 0.6 is 0 Å².